The van der Waals surface area contributed by atoms with Crippen LogP contribution in [0.2, 0.25) is 0 Å². The van der Waals surface area contributed by atoms with E-state index < -0.39 is 0 Å². The van der Waals surface area contributed by atoms with E-state index >= 15 is 0 Å². The molecule has 1 aliphatic heterocycles. The second kappa shape index (κ2) is 7.24. The monoisotopic (exact) mass is 251 g/mol. The first kappa shape index (κ1) is 13.2. The molecule has 0 unspecified atom stereocenters. The molecule has 0 aromatic heterocycles. The molecule has 0 bridgehead atoms. The lowest BCUT2D eigenvalue weighted by atomic mass is 10.0. The molecule has 2 rings (SSSR count). The van der Waals surface area contributed by atoms with Crippen LogP contribution in [0.5, 0.6) is 5.75 Å². The maximum absolute atomic E-state index is 5.77. The first-order chi connectivity index (χ1) is 8.86. The molecule has 0 saturated carbocycles. The van der Waals surface area contributed by atoms with Crippen LogP contribution >= 0.6 is 0 Å². The van der Waals surface area contributed by atoms with Gasteiger partial charge < -0.3 is 19.9 Å². The summed E-state index contributed by atoms with van der Waals surface area (Å²) in [6.45, 7) is 3.68. The van der Waals surface area contributed by atoms with Gasteiger partial charge in [0.25, 0.3) is 0 Å². The first-order valence-corrected chi connectivity index (χ1v) is 6.49. The Labute approximate surface area is 108 Å². The zero-order valence-electron chi connectivity index (χ0n) is 10.6. The fourth-order valence-electron chi connectivity index (χ4n) is 1.99. The van der Waals surface area contributed by atoms with Gasteiger partial charge in [-0.25, -0.2) is 0 Å². The van der Waals surface area contributed by atoms with E-state index in [0.717, 1.165) is 38.4 Å². The first-order valence-electron chi connectivity index (χ1n) is 6.49. The number of rotatable bonds is 6. The second-order valence-corrected chi connectivity index (χ2v) is 4.52. The largest absolute Gasteiger partial charge is 0.489 e. The van der Waals surface area contributed by atoms with Crippen LogP contribution in [0.25, 0.3) is 0 Å². The fourth-order valence-corrected chi connectivity index (χ4v) is 1.99. The highest BCUT2D eigenvalue weighted by Gasteiger charge is 2.13. The molecular weight excluding hydrogens is 230 g/mol. The van der Waals surface area contributed by atoms with Gasteiger partial charge in [0.15, 0.2) is 0 Å². The van der Waals surface area contributed by atoms with Crippen LogP contribution in [0.15, 0.2) is 24.3 Å². The van der Waals surface area contributed by atoms with Crippen molar-refractivity contribution in [3.8, 4) is 5.75 Å². The average molecular weight is 251 g/mol. The van der Waals surface area contributed by atoms with E-state index in [1.807, 2.05) is 24.3 Å². The smallest absolute Gasteiger partial charge is 0.142 e. The van der Waals surface area contributed by atoms with Crippen LogP contribution in [0.3, 0.4) is 0 Å². The van der Waals surface area contributed by atoms with Gasteiger partial charge in [-0.15, -0.1) is 0 Å². The Morgan fingerprint density at radius 2 is 1.94 bits per heavy atom. The molecule has 1 fully saturated rings. The summed E-state index contributed by atoms with van der Waals surface area (Å²) in [5, 5.41) is 0. The van der Waals surface area contributed by atoms with Crippen molar-refractivity contribution in [1.29, 1.82) is 0 Å². The quantitative estimate of drug-likeness (QED) is 0.621. The van der Waals surface area contributed by atoms with E-state index in [2.05, 4.69) is 0 Å². The Kier molecular flexibility index (Phi) is 5.30. The van der Waals surface area contributed by atoms with Crippen molar-refractivity contribution >= 4 is 5.69 Å². The number of nitrogen functional groups attached to an aromatic ring is 1. The lowest BCUT2D eigenvalue weighted by Crippen LogP contribution is -2.21. The summed E-state index contributed by atoms with van der Waals surface area (Å²) in [6, 6.07) is 7.50. The lowest BCUT2D eigenvalue weighted by molar-refractivity contribution is 0.0140. The third kappa shape index (κ3) is 4.20. The van der Waals surface area contributed by atoms with E-state index in [4.69, 9.17) is 19.9 Å². The molecule has 0 radical (unpaired) electrons. The number of benzene rings is 1. The van der Waals surface area contributed by atoms with Crippen molar-refractivity contribution in [3.05, 3.63) is 24.3 Å². The van der Waals surface area contributed by atoms with E-state index in [1.165, 1.54) is 0 Å². The summed E-state index contributed by atoms with van der Waals surface area (Å²) in [7, 11) is 0. The Bertz CT molecular complexity index is 351. The lowest BCUT2D eigenvalue weighted by Gasteiger charge is -2.21. The van der Waals surface area contributed by atoms with E-state index in [9.17, 15) is 0 Å². The predicted molar refractivity (Wildman–Crippen MR) is 70.7 cm³/mol. The maximum Gasteiger partial charge on any atom is 0.142 e. The number of hydrogen-bond donors (Lipinski definition) is 1. The van der Waals surface area contributed by atoms with Crippen molar-refractivity contribution in [2.24, 2.45) is 5.92 Å². The summed E-state index contributed by atoms with van der Waals surface area (Å²) in [6.07, 6.45) is 2.21. The zero-order chi connectivity index (χ0) is 12.6. The van der Waals surface area contributed by atoms with Crippen LogP contribution < -0.4 is 10.5 Å². The van der Waals surface area contributed by atoms with Gasteiger partial charge in [-0.1, -0.05) is 12.1 Å². The van der Waals surface area contributed by atoms with Crippen molar-refractivity contribution in [3.63, 3.8) is 0 Å². The summed E-state index contributed by atoms with van der Waals surface area (Å²) in [5.74, 6) is 1.37. The minimum Gasteiger partial charge on any atom is -0.489 e. The standard InChI is InChI=1S/C14H21NO3/c15-13-3-1-2-4-14(13)18-10-9-17-11-12-5-7-16-8-6-12/h1-4,12H,5-11,15H2. The predicted octanol–water partition coefficient (Wildman–Crippen LogP) is 2.09. The highest BCUT2D eigenvalue weighted by Crippen LogP contribution is 2.19. The molecule has 4 nitrogen and oxygen atoms in total. The molecule has 1 heterocycles. The molecule has 0 atom stereocenters. The molecule has 18 heavy (non-hydrogen) atoms. The van der Waals surface area contributed by atoms with Crippen LogP contribution in [-0.2, 0) is 9.47 Å². The SMILES string of the molecule is Nc1ccccc1OCCOCC1CCOCC1. The van der Waals surface area contributed by atoms with Gasteiger partial charge in [0.2, 0.25) is 0 Å². The number of nitrogens with two attached hydrogens (primary N) is 1. The minimum absolute atomic E-state index is 0.539. The Hall–Kier alpha value is -1.26. The van der Waals surface area contributed by atoms with Crippen LogP contribution in [-0.4, -0.2) is 33.0 Å². The molecule has 0 spiro atoms. The van der Waals surface area contributed by atoms with Crippen LogP contribution in [0.1, 0.15) is 12.8 Å². The summed E-state index contributed by atoms with van der Waals surface area (Å²) in [5.41, 5.74) is 6.44. The van der Waals surface area contributed by atoms with E-state index in [1.54, 1.807) is 0 Å². The Morgan fingerprint density at radius 3 is 2.72 bits per heavy atom. The highest BCUT2D eigenvalue weighted by atomic mass is 16.5. The number of hydrogen-bond acceptors (Lipinski definition) is 4. The van der Waals surface area contributed by atoms with Gasteiger partial charge in [0, 0.05) is 19.8 Å². The molecule has 0 amide bonds. The molecule has 1 saturated heterocycles. The van der Waals surface area contributed by atoms with Crippen LogP contribution in [0.4, 0.5) is 5.69 Å². The third-order valence-electron chi connectivity index (χ3n) is 3.10. The topological polar surface area (TPSA) is 53.7 Å². The summed E-state index contributed by atoms with van der Waals surface area (Å²) in [4.78, 5) is 0. The number of anilines is 1. The van der Waals surface area contributed by atoms with Gasteiger partial charge in [0.1, 0.15) is 12.4 Å². The molecule has 0 aliphatic carbocycles. The summed E-state index contributed by atoms with van der Waals surface area (Å²) < 4.78 is 16.5. The minimum atomic E-state index is 0.539. The molecule has 4 heteroatoms. The van der Waals surface area contributed by atoms with Crippen LogP contribution in [0, 0.1) is 5.92 Å². The zero-order valence-corrected chi connectivity index (χ0v) is 10.6. The van der Waals surface area contributed by atoms with Gasteiger partial charge in [-0.2, -0.15) is 0 Å². The van der Waals surface area contributed by atoms with Gasteiger partial charge in [-0.05, 0) is 30.9 Å². The van der Waals surface area contributed by atoms with Crippen molar-refractivity contribution in [2.75, 3.05) is 38.8 Å². The van der Waals surface area contributed by atoms with Crippen molar-refractivity contribution in [2.45, 2.75) is 12.8 Å². The van der Waals surface area contributed by atoms with E-state index in [0.29, 0.717) is 24.8 Å². The highest BCUT2D eigenvalue weighted by molar-refractivity contribution is 5.51. The van der Waals surface area contributed by atoms with Gasteiger partial charge in [0.05, 0.1) is 12.3 Å². The van der Waals surface area contributed by atoms with E-state index in [-0.39, 0.29) is 0 Å². The third-order valence-corrected chi connectivity index (χ3v) is 3.10. The Morgan fingerprint density at radius 1 is 1.17 bits per heavy atom. The molecule has 1 aliphatic rings. The summed E-state index contributed by atoms with van der Waals surface area (Å²) >= 11 is 0. The average Bonchev–Trinajstić information content (AvgIpc) is 2.42. The number of ether oxygens (including phenoxy) is 3. The molecule has 1 aromatic carbocycles. The van der Waals surface area contributed by atoms with Gasteiger partial charge >= 0.3 is 0 Å². The molecule has 100 valence electrons. The maximum atomic E-state index is 5.77. The molecule has 1 aromatic rings. The normalized spacial score (nSPS) is 16.7. The van der Waals surface area contributed by atoms with Gasteiger partial charge in [-0.3, -0.25) is 0 Å². The number of para-hydroxylation sites is 2. The molecule has 2 N–H and O–H groups in total. The molecular formula is C14H21NO3. The second-order valence-electron chi connectivity index (χ2n) is 4.52. The fraction of sp³-hybridized carbons (Fsp3) is 0.571. The van der Waals surface area contributed by atoms with Crippen molar-refractivity contribution in [1.82, 2.24) is 0 Å². The van der Waals surface area contributed by atoms with Crippen molar-refractivity contribution < 1.29 is 14.2 Å². The Balaban J connectivity index is 1.57.